The molecule has 0 aromatic heterocycles. The van der Waals surface area contributed by atoms with Crippen molar-refractivity contribution in [2.45, 2.75) is 44.1 Å². The van der Waals surface area contributed by atoms with Crippen molar-refractivity contribution in [2.24, 2.45) is 4.99 Å². The molecule has 0 unspecified atom stereocenters. The summed E-state index contributed by atoms with van der Waals surface area (Å²) in [5.41, 5.74) is 0. The third-order valence-corrected chi connectivity index (χ3v) is 7.11. The summed E-state index contributed by atoms with van der Waals surface area (Å²) in [6, 6.07) is 0. The second kappa shape index (κ2) is 8.41. The minimum Gasteiger partial charge on any atom is -0.357 e. The second-order valence-corrected chi connectivity index (χ2v) is 11.2. The topological polar surface area (TPSA) is 61.8 Å². The van der Waals surface area contributed by atoms with Crippen molar-refractivity contribution in [3.63, 3.8) is 0 Å². The zero-order chi connectivity index (χ0) is 16.3. The molecule has 0 saturated carbocycles. The van der Waals surface area contributed by atoms with E-state index < -0.39 is 14.6 Å². The predicted octanol–water partition coefficient (Wildman–Crippen LogP) is 2.22. The highest BCUT2D eigenvalue weighted by atomic mass is 127. The number of aliphatic imine (C=N–C) groups is 1. The van der Waals surface area contributed by atoms with Gasteiger partial charge in [-0.1, -0.05) is 0 Å². The fourth-order valence-electron chi connectivity index (χ4n) is 2.01. The molecule has 0 aliphatic carbocycles. The zero-order valence-electron chi connectivity index (χ0n) is 14.5. The van der Waals surface area contributed by atoms with Gasteiger partial charge in [0.15, 0.2) is 15.8 Å². The molecular weight excluding hydrogens is 433 g/mol. The van der Waals surface area contributed by atoms with Crippen molar-refractivity contribution < 1.29 is 8.42 Å². The van der Waals surface area contributed by atoms with E-state index in [4.69, 9.17) is 0 Å². The lowest BCUT2D eigenvalue weighted by Crippen LogP contribution is -2.51. The lowest BCUT2D eigenvalue weighted by atomic mass is 10.2. The Hall–Kier alpha value is 0.300. The van der Waals surface area contributed by atoms with Crippen molar-refractivity contribution in [1.29, 1.82) is 0 Å². The van der Waals surface area contributed by atoms with Gasteiger partial charge in [0.05, 0.1) is 11.3 Å². The van der Waals surface area contributed by atoms with E-state index in [0.29, 0.717) is 0 Å². The summed E-state index contributed by atoms with van der Waals surface area (Å²) in [5, 5.41) is 3.29. The average molecular weight is 463 g/mol. The Bertz CT molecular complexity index is 490. The van der Waals surface area contributed by atoms with Crippen LogP contribution < -0.4 is 5.32 Å². The van der Waals surface area contributed by atoms with Crippen LogP contribution in [0.3, 0.4) is 0 Å². The minimum atomic E-state index is -3.12. The summed E-state index contributed by atoms with van der Waals surface area (Å²) >= 11 is 1.97. The van der Waals surface area contributed by atoms with Gasteiger partial charge in [0, 0.05) is 36.4 Å². The van der Waals surface area contributed by atoms with Gasteiger partial charge in [-0.25, -0.2) is 8.42 Å². The Labute approximate surface area is 157 Å². The molecule has 0 aromatic rings. The molecule has 1 aliphatic heterocycles. The second-order valence-electron chi connectivity index (χ2n) is 6.73. The summed E-state index contributed by atoms with van der Waals surface area (Å²) in [6.07, 6.45) is 1.27. The van der Waals surface area contributed by atoms with E-state index in [1.54, 1.807) is 13.8 Å². The van der Waals surface area contributed by atoms with Crippen molar-refractivity contribution in [2.75, 3.05) is 38.2 Å². The molecule has 1 saturated heterocycles. The smallest absolute Gasteiger partial charge is 0.194 e. The highest BCUT2D eigenvalue weighted by molar-refractivity contribution is 14.0. The Morgan fingerprint density at radius 1 is 1.41 bits per heavy atom. The van der Waals surface area contributed by atoms with Crippen LogP contribution in [0.1, 0.15) is 34.6 Å². The highest BCUT2D eigenvalue weighted by Crippen LogP contribution is 2.29. The molecule has 22 heavy (non-hydrogen) atoms. The van der Waals surface area contributed by atoms with Crippen LogP contribution >= 0.6 is 35.7 Å². The van der Waals surface area contributed by atoms with E-state index in [9.17, 15) is 8.42 Å². The van der Waals surface area contributed by atoms with E-state index in [1.165, 1.54) is 6.26 Å². The maximum Gasteiger partial charge on any atom is 0.194 e. The number of hydrogen-bond acceptors (Lipinski definition) is 4. The van der Waals surface area contributed by atoms with Crippen LogP contribution in [0, 0.1) is 0 Å². The Morgan fingerprint density at radius 3 is 2.45 bits per heavy atom. The largest absolute Gasteiger partial charge is 0.357 e. The van der Waals surface area contributed by atoms with E-state index >= 15 is 0 Å². The summed E-state index contributed by atoms with van der Waals surface area (Å²) in [4.78, 5) is 6.82. The fraction of sp³-hybridized carbons (Fsp3) is 0.929. The molecule has 5 nitrogen and oxygen atoms in total. The predicted molar refractivity (Wildman–Crippen MR) is 108 cm³/mol. The third kappa shape index (κ3) is 6.43. The number of halogens is 1. The number of nitrogens with one attached hydrogen (secondary N) is 1. The summed E-state index contributed by atoms with van der Waals surface area (Å²) in [6.45, 7) is 12.9. The standard InChI is InChI=1S/C14H29N3O2S2.HI/c1-7-15-12(16-10-14(4,5)21(6,18)19)17-8-9-20-13(2,3)11-17;/h7-11H2,1-6H3,(H,15,16);1H. The van der Waals surface area contributed by atoms with Crippen LogP contribution in [0.15, 0.2) is 4.99 Å². The normalized spacial score (nSPS) is 19.5. The minimum absolute atomic E-state index is 0. The van der Waals surface area contributed by atoms with Gasteiger partial charge in [-0.15, -0.1) is 24.0 Å². The van der Waals surface area contributed by atoms with Crippen LogP contribution in [-0.2, 0) is 9.84 Å². The lowest BCUT2D eigenvalue weighted by Gasteiger charge is -2.39. The van der Waals surface area contributed by atoms with Gasteiger partial charge in [0.25, 0.3) is 0 Å². The third-order valence-electron chi connectivity index (χ3n) is 3.67. The Kier molecular flexibility index (Phi) is 8.53. The first-order valence-corrected chi connectivity index (χ1v) is 10.2. The van der Waals surface area contributed by atoms with E-state index in [2.05, 4.69) is 29.1 Å². The van der Waals surface area contributed by atoms with E-state index in [-0.39, 0.29) is 35.3 Å². The van der Waals surface area contributed by atoms with Gasteiger partial charge in [0.1, 0.15) is 0 Å². The highest BCUT2D eigenvalue weighted by Gasteiger charge is 2.32. The molecule has 132 valence electrons. The van der Waals surface area contributed by atoms with Crippen LogP contribution in [0.5, 0.6) is 0 Å². The zero-order valence-corrected chi connectivity index (χ0v) is 18.4. The molecule has 0 bridgehead atoms. The number of guanidine groups is 1. The summed E-state index contributed by atoms with van der Waals surface area (Å²) < 4.78 is 22.9. The molecule has 1 N–H and O–H groups in total. The molecule has 0 atom stereocenters. The fourth-order valence-corrected chi connectivity index (χ4v) is 3.42. The average Bonchev–Trinajstić information content (AvgIpc) is 2.31. The summed E-state index contributed by atoms with van der Waals surface area (Å²) in [5.74, 6) is 1.88. The van der Waals surface area contributed by atoms with Crippen molar-refractivity contribution in [1.82, 2.24) is 10.2 Å². The summed E-state index contributed by atoms with van der Waals surface area (Å²) in [7, 11) is -3.12. The van der Waals surface area contributed by atoms with Gasteiger partial charge in [-0.3, -0.25) is 4.99 Å². The Balaban J connectivity index is 0.00000441. The number of rotatable bonds is 4. The van der Waals surface area contributed by atoms with E-state index in [1.807, 2.05) is 18.7 Å². The first-order chi connectivity index (χ1) is 9.48. The van der Waals surface area contributed by atoms with Crippen LogP contribution in [0.25, 0.3) is 0 Å². The van der Waals surface area contributed by atoms with Gasteiger partial charge in [0.2, 0.25) is 0 Å². The molecular formula is C14H30IN3O2S2. The number of sulfone groups is 1. The first-order valence-electron chi connectivity index (χ1n) is 7.35. The van der Waals surface area contributed by atoms with Crippen LogP contribution in [0.4, 0.5) is 0 Å². The molecule has 1 rings (SSSR count). The molecule has 8 heteroatoms. The van der Waals surface area contributed by atoms with Gasteiger partial charge >= 0.3 is 0 Å². The molecule has 1 aliphatic rings. The van der Waals surface area contributed by atoms with Crippen molar-refractivity contribution in [3.05, 3.63) is 0 Å². The molecule has 1 heterocycles. The maximum absolute atomic E-state index is 11.8. The van der Waals surface area contributed by atoms with Crippen LogP contribution in [0.2, 0.25) is 0 Å². The first kappa shape index (κ1) is 22.3. The van der Waals surface area contributed by atoms with Crippen molar-refractivity contribution in [3.8, 4) is 0 Å². The lowest BCUT2D eigenvalue weighted by molar-refractivity contribution is 0.375. The number of thioether (sulfide) groups is 1. The van der Waals surface area contributed by atoms with Gasteiger partial charge in [-0.2, -0.15) is 11.8 Å². The van der Waals surface area contributed by atoms with Gasteiger partial charge < -0.3 is 10.2 Å². The molecule has 0 amide bonds. The molecule has 1 fully saturated rings. The SMILES string of the molecule is CCNC(=NCC(C)(C)S(C)(=O)=O)N1CCSC(C)(C)C1.I. The van der Waals surface area contributed by atoms with Gasteiger partial charge in [-0.05, 0) is 34.6 Å². The quantitative estimate of drug-likeness (QED) is 0.394. The molecule has 0 aromatic carbocycles. The number of nitrogens with zero attached hydrogens (tertiary/aromatic N) is 2. The molecule has 0 spiro atoms. The van der Waals surface area contributed by atoms with Crippen LogP contribution in [-0.4, -0.2) is 67.0 Å². The van der Waals surface area contributed by atoms with E-state index in [0.717, 1.165) is 31.3 Å². The van der Waals surface area contributed by atoms with Crippen molar-refractivity contribution >= 4 is 51.5 Å². The number of hydrogen-bond donors (Lipinski definition) is 1. The monoisotopic (exact) mass is 463 g/mol. The maximum atomic E-state index is 11.8. The Morgan fingerprint density at radius 2 is 2.00 bits per heavy atom. The molecule has 0 radical (unpaired) electrons.